The van der Waals surface area contributed by atoms with Gasteiger partial charge in [0.05, 0.1) is 0 Å². The van der Waals surface area contributed by atoms with E-state index in [4.69, 9.17) is 10.5 Å². The summed E-state index contributed by atoms with van der Waals surface area (Å²) < 4.78 is 5.98. The lowest BCUT2D eigenvalue weighted by atomic mass is 10.0. The molecule has 2 unspecified atom stereocenters. The van der Waals surface area contributed by atoms with Crippen molar-refractivity contribution in [2.75, 3.05) is 0 Å². The number of allylic oxidation sites excluding steroid dienone is 1. The molecule has 0 saturated carbocycles. The lowest BCUT2D eigenvalue weighted by Gasteiger charge is -2.19. The lowest BCUT2D eigenvalue weighted by Crippen LogP contribution is -2.21. The summed E-state index contributed by atoms with van der Waals surface area (Å²) in [5.74, 6) is 0.965. The zero-order chi connectivity index (χ0) is 12.8. The summed E-state index contributed by atoms with van der Waals surface area (Å²) in [6, 6.07) is 8.58. The Morgan fingerprint density at radius 2 is 2.33 bits per heavy atom. The van der Waals surface area contributed by atoms with Gasteiger partial charge in [-0.25, -0.2) is 0 Å². The first kappa shape index (κ1) is 13.2. The molecule has 0 aromatic heterocycles. The number of rotatable bonds is 5. The third-order valence-corrected chi connectivity index (χ3v) is 3.42. The third kappa shape index (κ3) is 3.88. The minimum Gasteiger partial charge on any atom is -0.486 e. The molecule has 1 aromatic carbocycles. The SMILES string of the molecule is CCC(N)Cc1cccc(OC2C=CCCC2)c1. The lowest BCUT2D eigenvalue weighted by molar-refractivity contribution is 0.229. The van der Waals surface area contributed by atoms with Crippen LogP contribution in [-0.4, -0.2) is 12.1 Å². The molecular formula is C16H23NO. The van der Waals surface area contributed by atoms with E-state index in [0.29, 0.717) is 0 Å². The number of ether oxygens (including phenoxy) is 1. The molecule has 0 saturated heterocycles. The van der Waals surface area contributed by atoms with Crippen molar-refractivity contribution in [3.05, 3.63) is 42.0 Å². The van der Waals surface area contributed by atoms with Gasteiger partial charge in [0.2, 0.25) is 0 Å². The van der Waals surface area contributed by atoms with E-state index < -0.39 is 0 Å². The number of hydrogen-bond acceptors (Lipinski definition) is 2. The highest BCUT2D eigenvalue weighted by molar-refractivity contribution is 5.29. The van der Waals surface area contributed by atoms with Gasteiger partial charge in [0.1, 0.15) is 11.9 Å². The van der Waals surface area contributed by atoms with Crippen molar-refractivity contribution in [1.29, 1.82) is 0 Å². The molecule has 0 heterocycles. The van der Waals surface area contributed by atoms with E-state index in [1.54, 1.807) is 0 Å². The van der Waals surface area contributed by atoms with Crippen LogP contribution in [0.25, 0.3) is 0 Å². The molecule has 0 spiro atoms. The van der Waals surface area contributed by atoms with E-state index in [9.17, 15) is 0 Å². The van der Waals surface area contributed by atoms with Gasteiger partial charge >= 0.3 is 0 Å². The molecule has 0 aliphatic heterocycles. The molecule has 0 bridgehead atoms. The summed E-state index contributed by atoms with van der Waals surface area (Å²) in [4.78, 5) is 0. The number of benzene rings is 1. The van der Waals surface area contributed by atoms with Gasteiger partial charge in [0.25, 0.3) is 0 Å². The second-order valence-electron chi connectivity index (χ2n) is 5.04. The van der Waals surface area contributed by atoms with Crippen LogP contribution in [0.3, 0.4) is 0 Å². The topological polar surface area (TPSA) is 35.2 Å². The normalized spacial score (nSPS) is 20.7. The van der Waals surface area contributed by atoms with Crippen molar-refractivity contribution in [3.63, 3.8) is 0 Å². The average molecular weight is 245 g/mol. The highest BCUT2D eigenvalue weighted by atomic mass is 16.5. The second kappa shape index (κ2) is 6.60. The molecule has 18 heavy (non-hydrogen) atoms. The largest absolute Gasteiger partial charge is 0.486 e. The maximum atomic E-state index is 5.99. The van der Waals surface area contributed by atoms with Crippen LogP contribution in [-0.2, 0) is 6.42 Å². The molecule has 2 heteroatoms. The van der Waals surface area contributed by atoms with Crippen molar-refractivity contribution in [3.8, 4) is 5.75 Å². The van der Waals surface area contributed by atoms with Crippen LogP contribution in [0.2, 0.25) is 0 Å². The van der Waals surface area contributed by atoms with Gasteiger partial charge in [-0.3, -0.25) is 0 Å². The van der Waals surface area contributed by atoms with Crippen molar-refractivity contribution in [1.82, 2.24) is 0 Å². The molecule has 98 valence electrons. The Bertz CT molecular complexity index is 400. The minimum absolute atomic E-state index is 0.244. The minimum atomic E-state index is 0.244. The maximum absolute atomic E-state index is 5.99. The zero-order valence-electron chi connectivity index (χ0n) is 11.1. The summed E-state index contributed by atoms with van der Waals surface area (Å²) in [5, 5.41) is 0. The summed E-state index contributed by atoms with van der Waals surface area (Å²) in [7, 11) is 0. The van der Waals surface area contributed by atoms with Crippen LogP contribution in [0.15, 0.2) is 36.4 Å². The molecule has 2 N–H and O–H groups in total. The first-order valence-corrected chi connectivity index (χ1v) is 6.95. The van der Waals surface area contributed by atoms with Crippen molar-refractivity contribution in [2.24, 2.45) is 5.73 Å². The zero-order valence-corrected chi connectivity index (χ0v) is 11.1. The van der Waals surface area contributed by atoms with Gasteiger partial charge in [-0.15, -0.1) is 0 Å². The van der Waals surface area contributed by atoms with Crippen LogP contribution < -0.4 is 10.5 Å². The van der Waals surface area contributed by atoms with Crippen LogP contribution >= 0.6 is 0 Å². The molecule has 0 amide bonds. The highest BCUT2D eigenvalue weighted by Crippen LogP contribution is 2.20. The van der Waals surface area contributed by atoms with Crippen molar-refractivity contribution in [2.45, 2.75) is 51.2 Å². The Morgan fingerprint density at radius 3 is 3.06 bits per heavy atom. The highest BCUT2D eigenvalue weighted by Gasteiger charge is 2.10. The number of nitrogens with two attached hydrogens (primary N) is 1. The van der Waals surface area contributed by atoms with Crippen LogP contribution in [0, 0.1) is 0 Å². The van der Waals surface area contributed by atoms with E-state index in [1.807, 2.05) is 6.07 Å². The van der Waals surface area contributed by atoms with Gasteiger partial charge < -0.3 is 10.5 Å². The summed E-state index contributed by atoms with van der Waals surface area (Å²) in [6.07, 6.45) is 10.1. The van der Waals surface area contributed by atoms with Crippen LogP contribution in [0.4, 0.5) is 0 Å². The van der Waals surface area contributed by atoms with E-state index in [2.05, 4.69) is 37.3 Å². The Morgan fingerprint density at radius 1 is 1.44 bits per heavy atom. The summed E-state index contributed by atoms with van der Waals surface area (Å²) in [5.41, 5.74) is 7.25. The van der Waals surface area contributed by atoms with Crippen LogP contribution in [0.5, 0.6) is 5.75 Å². The molecule has 1 aromatic rings. The van der Waals surface area contributed by atoms with E-state index in [-0.39, 0.29) is 12.1 Å². The van der Waals surface area contributed by atoms with Gasteiger partial charge in [0.15, 0.2) is 0 Å². The molecule has 2 rings (SSSR count). The monoisotopic (exact) mass is 245 g/mol. The van der Waals surface area contributed by atoms with E-state index in [1.165, 1.54) is 18.4 Å². The Kier molecular flexibility index (Phi) is 4.82. The van der Waals surface area contributed by atoms with Crippen LogP contribution in [0.1, 0.15) is 38.2 Å². The Labute approximate surface area is 110 Å². The number of hydrogen-bond donors (Lipinski definition) is 1. The fourth-order valence-corrected chi connectivity index (χ4v) is 2.25. The summed E-state index contributed by atoms with van der Waals surface area (Å²) >= 11 is 0. The maximum Gasteiger partial charge on any atom is 0.120 e. The summed E-state index contributed by atoms with van der Waals surface area (Å²) in [6.45, 7) is 2.12. The van der Waals surface area contributed by atoms with Gasteiger partial charge in [-0.05, 0) is 55.9 Å². The van der Waals surface area contributed by atoms with Crippen molar-refractivity contribution < 1.29 is 4.74 Å². The second-order valence-corrected chi connectivity index (χ2v) is 5.04. The van der Waals surface area contributed by atoms with Gasteiger partial charge in [-0.2, -0.15) is 0 Å². The predicted octanol–water partition coefficient (Wildman–Crippen LogP) is 3.45. The molecule has 0 fully saturated rings. The van der Waals surface area contributed by atoms with Gasteiger partial charge in [-0.1, -0.05) is 25.1 Å². The fraction of sp³-hybridized carbons (Fsp3) is 0.500. The fourth-order valence-electron chi connectivity index (χ4n) is 2.25. The third-order valence-electron chi connectivity index (χ3n) is 3.42. The molecule has 0 radical (unpaired) electrons. The molecular weight excluding hydrogens is 222 g/mol. The quantitative estimate of drug-likeness (QED) is 0.806. The molecule has 2 atom stereocenters. The Hall–Kier alpha value is -1.28. The van der Waals surface area contributed by atoms with E-state index in [0.717, 1.165) is 25.0 Å². The first-order valence-electron chi connectivity index (χ1n) is 6.95. The van der Waals surface area contributed by atoms with Crippen molar-refractivity contribution >= 4 is 0 Å². The molecule has 1 aliphatic rings. The standard InChI is InChI=1S/C16H23NO/c1-2-14(17)11-13-7-6-10-16(12-13)18-15-8-4-3-5-9-15/h4,6-8,10,12,14-15H,2-3,5,9,11,17H2,1H3. The van der Waals surface area contributed by atoms with E-state index >= 15 is 0 Å². The first-order chi connectivity index (χ1) is 8.78. The molecule has 2 nitrogen and oxygen atoms in total. The molecule has 1 aliphatic carbocycles. The predicted molar refractivity (Wildman–Crippen MR) is 75.8 cm³/mol. The average Bonchev–Trinajstić information content (AvgIpc) is 2.40. The Balaban J connectivity index is 1.98. The van der Waals surface area contributed by atoms with Gasteiger partial charge in [0, 0.05) is 6.04 Å². The smallest absolute Gasteiger partial charge is 0.120 e.